The molecule has 3 rings (SSSR count). The maximum absolute atomic E-state index is 12.0. The number of fused-ring (bicyclic) bond motifs is 1. The molecule has 0 atom stereocenters. The summed E-state index contributed by atoms with van der Waals surface area (Å²) in [5.74, 6) is 1.55. The SMILES string of the molecule is COc1ccc(OCCNC(=O)CC2=CSC3=NCCN23)cc1. The highest BCUT2D eigenvalue weighted by molar-refractivity contribution is 8.16. The summed E-state index contributed by atoms with van der Waals surface area (Å²) in [6.45, 7) is 2.60. The first-order valence-electron chi connectivity index (χ1n) is 7.47. The summed E-state index contributed by atoms with van der Waals surface area (Å²) in [4.78, 5) is 18.5. The van der Waals surface area contributed by atoms with Gasteiger partial charge in [0.25, 0.3) is 0 Å². The van der Waals surface area contributed by atoms with E-state index in [2.05, 4.69) is 15.2 Å². The van der Waals surface area contributed by atoms with Gasteiger partial charge in [-0.15, -0.1) is 0 Å². The Hall–Kier alpha value is -2.15. The number of nitrogens with zero attached hydrogens (tertiary/aromatic N) is 2. The first-order valence-corrected chi connectivity index (χ1v) is 8.35. The Morgan fingerprint density at radius 3 is 2.91 bits per heavy atom. The van der Waals surface area contributed by atoms with E-state index in [4.69, 9.17) is 9.47 Å². The van der Waals surface area contributed by atoms with Gasteiger partial charge in [0.2, 0.25) is 5.91 Å². The molecule has 122 valence electrons. The second kappa shape index (κ2) is 7.41. The van der Waals surface area contributed by atoms with Crippen molar-refractivity contribution in [2.24, 2.45) is 4.99 Å². The summed E-state index contributed by atoms with van der Waals surface area (Å²) in [6, 6.07) is 7.37. The lowest BCUT2D eigenvalue weighted by atomic mass is 10.3. The lowest BCUT2D eigenvalue weighted by Crippen LogP contribution is -2.31. The zero-order valence-electron chi connectivity index (χ0n) is 12.9. The number of hydrogen-bond acceptors (Lipinski definition) is 6. The molecule has 0 aliphatic carbocycles. The third-order valence-electron chi connectivity index (χ3n) is 3.54. The molecule has 2 aliphatic heterocycles. The number of benzene rings is 1. The Balaban J connectivity index is 1.35. The van der Waals surface area contributed by atoms with Crippen LogP contribution in [0.1, 0.15) is 6.42 Å². The van der Waals surface area contributed by atoms with Crippen LogP contribution in [0.4, 0.5) is 0 Å². The van der Waals surface area contributed by atoms with E-state index in [1.807, 2.05) is 29.7 Å². The molecular formula is C16H19N3O3S. The van der Waals surface area contributed by atoms with E-state index < -0.39 is 0 Å². The van der Waals surface area contributed by atoms with Crippen LogP contribution in [-0.4, -0.2) is 49.3 Å². The van der Waals surface area contributed by atoms with Crippen molar-refractivity contribution in [2.75, 3.05) is 33.4 Å². The first kappa shape index (κ1) is 15.7. The number of aliphatic imine (C=N–C) groups is 1. The maximum atomic E-state index is 12.0. The molecule has 2 heterocycles. The van der Waals surface area contributed by atoms with Crippen LogP contribution in [0.2, 0.25) is 0 Å². The maximum Gasteiger partial charge on any atom is 0.226 e. The number of ether oxygens (including phenoxy) is 2. The number of carbonyl (C=O) groups excluding carboxylic acids is 1. The first-order chi connectivity index (χ1) is 11.3. The van der Waals surface area contributed by atoms with Crippen LogP contribution < -0.4 is 14.8 Å². The zero-order valence-corrected chi connectivity index (χ0v) is 13.8. The quantitative estimate of drug-likeness (QED) is 0.772. The van der Waals surface area contributed by atoms with E-state index in [9.17, 15) is 4.79 Å². The molecule has 1 aromatic carbocycles. The van der Waals surface area contributed by atoms with Crippen molar-refractivity contribution >= 4 is 22.8 Å². The molecule has 0 bridgehead atoms. The normalized spacial score (nSPS) is 15.8. The van der Waals surface area contributed by atoms with Crippen molar-refractivity contribution in [1.29, 1.82) is 0 Å². The topological polar surface area (TPSA) is 63.2 Å². The number of carbonyl (C=O) groups is 1. The molecule has 23 heavy (non-hydrogen) atoms. The van der Waals surface area contributed by atoms with Crippen LogP contribution >= 0.6 is 11.8 Å². The van der Waals surface area contributed by atoms with Gasteiger partial charge < -0.3 is 19.7 Å². The molecule has 0 saturated heterocycles. The fraction of sp³-hybridized carbons (Fsp3) is 0.375. The monoisotopic (exact) mass is 333 g/mol. The molecule has 0 spiro atoms. The van der Waals surface area contributed by atoms with Gasteiger partial charge >= 0.3 is 0 Å². The number of thioether (sulfide) groups is 1. The molecule has 1 aromatic rings. The average Bonchev–Trinajstić information content (AvgIpc) is 3.17. The Bertz CT molecular complexity index is 628. The van der Waals surface area contributed by atoms with Gasteiger partial charge in [0, 0.05) is 12.2 Å². The predicted molar refractivity (Wildman–Crippen MR) is 90.8 cm³/mol. The number of methoxy groups -OCH3 is 1. The third-order valence-corrected chi connectivity index (χ3v) is 4.49. The van der Waals surface area contributed by atoms with E-state index in [1.165, 1.54) is 0 Å². The molecule has 2 aliphatic rings. The molecule has 1 amide bonds. The summed E-state index contributed by atoms with van der Waals surface area (Å²) in [5.41, 5.74) is 1.03. The van der Waals surface area contributed by atoms with Crippen LogP contribution in [0, 0.1) is 0 Å². The van der Waals surface area contributed by atoms with Crippen molar-refractivity contribution in [3.8, 4) is 11.5 Å². The van der Waals surface area contributed by atoms with Gasteiger partial charge in [-0.05, 0) is 29.7 Å². The van der Waals surface area contributed by atoms with Crippen molar-refractivity contribution in [2.45, 2.75) is 6.42 Å². The zero-order chi connectivity index (χ0) is 16.1. The second-order valence-electron chi connectivity index (χ2n) is 5.09. The number of hydrogen-bond donors (Lipinski definition) is 1. The lowest BCUT2D eigenvalue weighted by molar-refractivity contribution is -0.120. The Labute approximate surface area is 139 Å². The number of amidine groups is 1. The van der Waals surface area contributed by atoms with Gasteiger partial charge in [0.1, 0.15) is 18.1 Å². The van der Waals surface area contributed by atoms with E-state index in [-0.39, 0.29) is 5.91 Å². The highest BCUT2D eigenvalue weighted by Crippen LogP contribution is 2.30. The fourth-order valence-electron chi connectivity index (χ4n) is 2.37. The van der Waals surface area contributed by atoms with E-state index in [1.54, 1.807) is 18.9 Å². The summed E-state index contributed by atoms with van der Waals surface area (Å²) in [5, 5.41) is 5.89. The van der Waals surface area contributed by atoms with Crippen molar-refractivity contribution < 1.29 is 14.3 Å². The van der Waals surface area contributed by atoms with Gasteiger partial charge in [-0.3, -0.25) is 9.79 Å². The standard InChI is InChI=1S/C16H19N3O3S/c1-21-13-2-4-14(5-3-13)22-9-7-17-15(20)10-12-11-23-16-18-6-8-19(12)16/h2-5,11H,6-10H2,1H3,(H,17,20). The highest BCUT2D eigenvalue weighted by Gasteiger charge is 2.27. The summed E-state index contributed by atoms with van der Waals surface area (Å²) in [6.07, 6.45) is 0.383. The summed E-state index contributed by atoms with van der Waals surface area (Å²) >= 11 is 1.59. The second-order valence-corrected chi connectivity index (χ2v) is 5.93. The van der Waals surface area contributed by atoms with Gasteiger partial charge in [-0.25, -0.2) is 0 Å². The van der Waals surface area contributed by atoms with E-state index in [0.29, 0.717) is 19.6 Å². The van der Waals surface area contributed by atoms with Crippen LogP contribution in [0.3, 0.4) is 0 Å². The van der Waals surface area contributed by atoms with Crippen molar-refractivity contribution in [3.63, 3.8) is 0 Å². The molecular weight excluding hydrogens is 314 g/mol. The van der Waals surface area contributed by atoms with Gasteiger partial charge in [-0.1, -0.05) is 11.8 Å². The number of amides is 1. The number of rotatable bonds is 7. The van der Waals surface area contributed by atoms with Crippen LogP contribution in [0.15, 0.2) is 40.4 Å². The minimum absolute atomic E-state index is 0.00308. The molecule has 0 saturated carbocycles. The van der Waals surface area contributed by atoms with E-state index >= 15 is 0 Å². The van der Waals surface area contributed by atoms with Gasteiger partial charge in [0.15, 0.2) is 5.17 Å². The minimum atomic E-state index is 0.00308. The number of nitrogens with one attached hydrogen (secondary N) is 1. The Morgan fingerprint density at radius 1 is 1.35 bits per heavy atom. The average molecular weight is 333 g/mol. The smallest absolute Gasteiger partial charge is 0.226 e. The van der Waals surface area contributed by atoms with Crippen LogP contribution in [0.5, 0.6) is 11.5 Å². The third kappa shape index (κ3) is 3.98. The van der Waals surface area contributed by atoms with Crippen LogP contribution in [-0.2, 0) is 4.79 Å². The van der Waals surface area contributed by atoms with Gasteiger partial charge in [0.05, 0.1) is 26.6 Å². The summed E-state index contributed by atoms with van der Waals surface area (Å²) < 4.78 is 10.7. The lowest BCUT2D eigenvalue weighted by Gasteiger charge is -2.16. The fourth-order valence-corrected chi connectivity index (χ4v) is 3.33. The molecule has 0 aromatic heterocycles. The largest absolute Gasteiger partial charge is 0.497 e. The van der Waals surface area contributed by atoms with Crippen LogP contribution in [0.25, 0.3) is 0 Å². The molecule has 7 heteroatoms. The predicted octanol–water partition coefficient (Wildman–Crippen LogP) is 1.84. The molecule has 0 radical (unpaired) electrons. The van der Waals surface area contributed by atoms with Crippen molar-refractivity contribution in [1.82, 2.24) is 10.2 Å². The molecule has 1 N–H and O–H groups in total. The Kier molecular flexibility index (Phi) is 5.07. The molecule has 0 unspecified atom stereocenters. The molecule has 6 nitrogen and oxygen atoms in total. The highest BCUT2D eigenvalue weighted by atomic mass is 32.2. The van der Waals surface area contributed by atoms with Gasteiger partial charge in [-0.2, -0.15) is 0 Å². The molecule has 0 fully saturated rings. The van der Waals surface area contributed by atoms with E-state index in [0.717, 1.165) is 35.5 Å². The van der Waals surface area contributed by atoms with Crippen molar-refractivity contribution in [3.05, 3.63) is 35.4 Å². The summed E-state index contributed by atoms with van der Waals surface area (Å²) in [7, 11) is 1.63. The minimum Gasteiger partial charge on any atom is -0.497 e. The Morgan fingerprint density at radius 2 is 2.13 bits per heavy atom.